The largest absolute Gasteiger partial charge is 0.549 e. The zero-order chi connectivity index (χ0) is 29.8. The maximum absolute atomic E-state index is 11.9. The van der Waals surface area contributed by atoms with E-state index < -0.39 is 31.7 Å². The lowest BCUT2D eigenvalue weighted by Gasteiger charge is -2.39. The Balaban J connectivity index is 0.00000115. The number of benzene rings is 1. The number of hydrogen-bond acceptors (Lipinski definition) is 5. The summed E-state index contributed by atoms with van der Waals surface area (Å²) in [6.45, 7) is 19.3. The Bertz CT molecular complexity index is 873. The van der Waals surface area contributed by atoms with E-state index in [1.807, 2.05) is 24.3 Å². The number of carbonyl (C=O) groups excluding carboxylic acids is 1. The fourth-order valence-electron chi connectivity index (χ4n) is 3.61. The van der Waals surface area contributed by atoms with Crippen molar-refractivity contribution in [2.24, 2.45) is 11.1 Å². The van der Waals surface area contributed by atoms with Gasteiger partial charge in [-0.05, 0) is 95.9 Å². The predicted octanol–water partition coefficient (Wildman–Crippen LogP) is 4.72. The fraction of sp³-hybridized carbons (Fsp3) is 0.724. The van der Waals surface area contributed by atoms with E-state index >= 15 is 0 Å². The molecule has 0 aliphatic carbocycles. The second-order valence-corrected chi connectivity index (χ2v) is 18.9. The molecular formula is C29H53IN2O5Si. The first-order valence-electron chi connectivity index (χ1n) is 13.7. The molecular weight excluding hydrogens is 611 g/mol. The SMILES string of the molecule is CC(C)(CCCCC(C)(C(=O)[O-])c1cccc(I)c1)CO[Si](C)(C)C(C)(C)C.N[C@@H](CCCC[NH3+])C(=O)O. The molecule has 0 fully saturated rings. The van der Waals surface area contributed by atoms with Gasteiger partial charge in [0.25, 0.3) is 0 Å². The Kier molecular flexibility index (Phi) is 15.9. The first-order valence-corrected chi connectivity index (χ1v) is 17.7. The minimum atomic E-state index is -1.74. The fourth-order valence-corrected chi connectivity index (χ4v) is 5.33. The summed E-state index contributed by atoms with van der Waals surface area (Å²) < 4.78 is 7.46. The van der Waals surface area contributed by atoms with Crippen molar-refractivity contribution in [1.82, 2.24) is 0 Å². The summed E-state index contributed by atoms with van der Waals surface area (Å²) in [4.78, 5) is 22.1. The van der Waals surface area contributed by atoms with Crippen LogP contribution in [-0.4, -0.2) is 44.6 Å². The molecule has 0 heterocycles. The first-order chi connectivity index (χ1) is 17.3. The standard InChI is InChI=1S/C23H39IO3Si.C6H14N2O2/c1-21(2,3)28(7,8)27-17-22(4,5)14-9-10-15-23(6,20(25)26)18-12-11-13-19(24)16-18;7-4-2-1-3-5(8)6(9)10/h11-13,16H,9-10,14-15,17H2,1-8H3,(H,25,26);5H,1-4,7-8H2,(H,9,10)/t;5-/m.0/s1. The zero-order valence-electron chi connectivity index (χ0n) is 25.0. The molecule has 0 amide bonds. The van der Waals surface area contributed by atoms with Crippen LogP contribution in [0.4, 0.5) is 0 Å². The molecule has 220 valence electrons. The molecule has 0 saturated carbocycles. The molecule has 0 bridgehead atoms. The highest BCUT2D eigenvalue weighted by molar-refractivity contribution is 14.1. The van der Waals surface area contributed by atoms with Gasteiger partial charge in [0.2, 0.25) is 0 Å². The molecule has 1 unspecified atom stereocenters. The van der Waals surface area contributed by atoms with E-state index in [1.54, 1.807) is 6.92 Å². The Labute approximate surface area is 245 Å². The summed E-state index contributed by atoms with van der Waals surface area (Å²) >= 11 is 2.22. The van der Waals surface area contributed by atoms with Crippen molar-refractivity contribution < 1.29 is 30.0 Å². The van der Waals surface area contributed by atoms with Crippen LogP contribution in [0.3, 0.4) is 0 Å². The molecule has 1 aromatic carbocycles. The smallest absolute Gasteiger partial charge is 0.320 e. The number of halogens is 1. The minimum absolute atomic E-state index is 0.0928. The van der Waals surface area contributed by atoms with Crippen LogP contribution in [-0.2, 0) is 19.4 Å². The monoisotopic (exact) mass is 664 g/mol. The molecule has 0 saturated heterocycles. The van der Waals surface area contributed by atoms with E-state index in [-0.39, 0.29) is 10.5 Å². The second-order valence-electron chi connectivity index (χ2n) is 12.8. The van der Waals surface area contributed by atoms with Gasteiger partial charge in [-0.25, -0.2) is 0 Å². The predicted molar refractivity (Wildman–Crippen MR) is 164 cm³/mol. The van der Waals surface area contributed by atoms with Crippen LogP contribution in [0.2, 0.25) is 18.1 Å². The van der Waals surface area contributed by atoms with Crippen molar-refractivity contribution in [2.75, 3.05) is 13.2 Å². The average Bonchev–Trinajstić information content (AvgIpc) is 2.80. The third-order valence-corrected chi connectivity index (χ3v) is 12.8. The molecule has 9 heteroatoms. The number of rotatable bonds is 15. The Morgan fingerprint density at radius 3 is 2.13 bits per heavy atom. The van der Waals surface area contributed by atoms with Crippen molar-refractivity contribution in [1.29, 1.82) is 0 Å². The van der Waals surface area contributed by atoms with Gasteiger partial charge >= 0.3 is 5.97 Å². The maximum Gasteiger partial charge on any atom is 0.320 e. The lowest BCUT2D eigenvalue weighted by molar-refractivity contribution is -0.368. The minimum Gasteiger partial charge on any atom is -0.549 e. The van der Waals surface area contributed by atoms with Gasteiger partial charge in [-0.15, -0.1) is 0 Å². The zero-order valence-corrected chi connectivity index (χ0v) is 28.2. The van der Waals surface area contributed by atoms with Gasteiger partial charge in [0.1, 0.15) is 6.04 Å². The van der Waals surface area contributed by atoms with Gasteiger partial charge in [0.15, 0.2) is 8.32 Å². The summed E-state index contributed by atoms with van der Waals surface area (Å²) in [6, 6.07) is 7.05. The highest BCUT2D eigenvalue weighted by atomic mass is 127. The number of hydrogen-bond donors (Lipinski definition) is 3. The molecule has 1 aromatic rings. The van der Waals surface area contributed by atoms with Gasteiger partial charge < -0.3 is 30.9 Å². The quantitative estimate of drug-likeness (QED) is 0.141. The van der Waals surface area contributed by atoms with Crippen LogP contribution in [0, 0.1) is 8.99 Å². The molecule has 1 rings (SSSR count). The molecule has 0 aromatic heterocycles. The lowest BCUT2D eigenvalue weighted by Crippen LogP contribution is -2.50. The molecule has 6 N–H and O–H groups in total. The van der Waals surface area contributed by atoms with E-state index in [4.69, 9.17) is 15.3 Å². The van der Waals surface area contributed by atoms with Crippen molar-refractivity contribution in [3.8, 4) is 0 Å². The molecule has 0 aliphatic heterocycles. The van der Waals surface area contributed by atoms with Crippen LogP contribution in [0.25, 0.3) is 0 Å². The third-order valence-electron chi connectivity index (χ3n) is 7.65. The number of carboxylic acids is 2. The molecule has 38 heavy (non-hydrogen) atoms. The van der Waals surface area contributed by atoms with Crippen LogP contribution >= 0.6 is 22.6 Å². The first kappa shape index (κ1) is 37.0. The van der Waals surface area contributed by atoms with Gasteiger partial charge in [-0.2, -0.15) is 0 Å². The normalized spacial score (nSPS) is 14.7. The summed E-state index contributed by atoms with van der Waals surface area (Å²) in [5.74, 6) is -1.90. The van der Waals surface area contributed by atoms with E-state index in [1.165, 1.54) is 0 Å². The summed E-state index contributed by atoms with van der Waals surface area (Å²) in [7, 11) is -1.74. The molecule has 7 nitrogen and oxygen atoms in total. The molecule has 0 radical (unpaired) electrons. The topological polar surface area (TPSA) is 140 Å². The molecule has 0 aliphatic rings. The number of nitrogens with two attached hydrogens (primary N) is 1. The van der Waals surface area contributed by atoms with Crippen LogP contribution in [0.15, 0.2) is 24.3 Å². The van der Waals surface area contributed by atoms with E-state index in [2.05, 4.69) is 76.0 Å². The van der Waals surface area contributed by atoms with Gasteiger partial charge in [0, 0.05) is 15.6 Å². The summed E-state index contributed by atoms with van der Waals surface area (Å²) in [6.07, 6.45) is 5.84. The highest BCUT2D eigenvalue weighted by Crippen LogP contribution is 2.38. The number of unbranched alkanes of at least 4 members (excludes halogenated alkanes) is 2. The Hall–Kier alpha value is -1.01. The van der Waals surface area contributed by atoms with Crippen LogP contribution in [0.1, 0.15) is 92.1 Å². The van der Waals surface area contributed by atoms with Crippen molar-refractivity contribution >= 4 is 42.8 Å². The molecule has 0 spiro atoms. The highest BCUT2D eigenvalue weighted by Gasteiger charge is 2.38. The number of quaternary nitrogens is 1. The maximum atomic E-state index is 11.9. The van der Waals surface area contributed by atoms with E-state index in [0.29, 0.717) is 12.8 Å². The van der Waals surface area contributed by atoms with Crippen LogP contribution < -0.4 is 16.6 Å². The molecule has 2 atom stereocenters. The van der Waals surface area contributed by atoms with E-state index in [0.717, 1.165) is 54.4 Å². The number of carbonyl (C=O) groups is 2. The van der Waals surface area contributed by atoms with Crippen molar-refractivity contribution in [3.05, 3.63) is 33.4 Å². The van der Waals surface area contributed by atoms with Gasteiger partial charge in [-0.1, -0.05) is 66.5 Å². The van der Waals surface area contributed by atoms with Crippen molar-refractivity contribution in [2.45, 2.75) is 116 Å². The van der Waals surface area contributed by atoms with E-state index in [9.17, 15) is 14.7 Å². The van der Waals surface area contributed by atoms with Crippen molar-refractivity contribution in [3.63, 3.8) is 0 Å². The number of carboxylic acid groups (broad SMARTS) is 2. The Morgan fingerprint density at radius 1 is 1.08 bits per heavy atom. The van der Waals surface area contributed by atoms with Gasteiger partial charge in [0.05, 0.1) is 12.5 Å². The summed E-state index contributed by atoms with van der Waals surface area (Å²) in [5, 5.41) is 20.5. The Morgan fingerprint density at radius 2 is 1.66 bits per heavy atom. The average molecular weight is 665 g/mol. The third kappa shape index (κ3) is 13.4. The summed E-state index contributed by atoms with van der Waals surface area (Å²) in [5.41, 5.74) is 8.86. The number of aliphatic carboxylic acids is 2. The second kappa shape index (κ2) is 16.3. The van der Waals surface area contributed by atoms with Crippen LogP contribution in [0.5, 0.6) is 0 Å². The lowest BCUT2D eigenvalue weighted by atomic mass is 9.77. The van der Waals surface area contributed by atoms with Gasteiger partial charge in [-0.3, -0.25) is 4.79 Å².